The summed E-state index contributed by atoms with van der Waals surface area (Å²) in [4.78, 5) is 10.9. The van der Waals surface area contributed by atoms with Crippen LogP contribution in [0.5, 0.6) is 0 Å². The fraction of sp³-hybridized carbons (Fsp3) is 0.364. The first-order valence-corrected chi connectivity index (χ1v) is 6.37. The molecular weight excluding hydrogens is 282 g/mol. The van der Waals surface area contributed by atoms with Crippen LogP contribution in [0.2, 0.25) is 0 Å². The molecule has 1 N–H and O–H groups in total. The molecule has 0 radical (unpaired) electrons. The second-order valence-corrected chi connectivity index (χ2v) is 4.97. The summed E-state index contributed by atoms with van der Waals surface area (Å²) in [5.74, 6) is 1.91. The van der Waals surface area contributed by atoms with E-state index in [0.717, 1.165) is 35.5 Å². The van der Waals surface area contributed by atoms with Gasteiger partial charge in [0.05, 0.1) is 6.04 Å². The molecule has 5 nitrogen and oxygen atoms in total. The minimum absolute atomic E-state index is 0.263. The molecule has 0 bridgehead atoms. The normalized spacial score (nSPS) is 19.8. The van der Waals surface area contributed by atoms with Crippen molar-refractivity contribution < 1.29 is 0 Å². The lowest BCUT2D eigenvalue weighted by Crippen LogP contribution is -2.24. The lowest BCUT2D eigenvalue weighted by molar-refractivity contribution is 0.664. The highest BCUT2D eigenvalue weighted by Crippen LogP contribution is 2.33. The van der Waals surface area contributed by atoms with E-state index in [1.54, 1.807) is 6.33 Å². The largest absolute Gasteiger partial charge is 0.346 e. The molecule has 3 heterocycles. The van der Waals surface area contributed by atoms with Gasteiger partial charge in [-0.15, -0.1) is 0 Å². The van der Waals surface area contributed by atoms with Gasteiger partial charge in [0.15, 0.2) is 0 Å². The fourth-order valence-electron chi connectivity index (χ4n) is 2.25. The minimum Gasteiger partial charge on any atom is -0.346 e. The quantitative estimate of drug-likeness (QED) is 0.923. The van der Waals surface area contributed by atoms with E-state index in [1.165, 1.54) is 0 Å². The molecule has 1 atom stereocenters. The van der Waals surface area contributed by atoms with E-state index in [9.17, 15) is 0 Å². The standard InChI is InChI=1S/C11H12BrN5/c12-8-3-4-13-10(6-8)17-5-1-2-9(17)11-14-7-15-16-11/h3-4,6-7,9H,1-2,5H2,(H,14,15,16)/t9-/m0/s1. The fourth-order valence-corrected chi connectivity index (χ4v) is 2.57. The van der Waals surface area contributed by atoms with E-state index in [1.807, 2.05) is 18.3 Å². The first kappa shape index (κ1) is 10.7. The molecule has 1 fully saturated rings. The predicted octanol–water partition coefficient (Wildman–Crippen LogP) is 2.30. The number of hydrogen-bond donors (Lipinski definition) is 1. The van der Waals surface area contributed by atoms with Gasteiger partial charge in [-0.05, 0) is 25.0 Å². The Bertz CT molecular complexity index is 498. The Labute approximate surface area is 107 Å². The summed E-state index contributed by atoms with van der Waals surface area (Å²) in [6.45, 7) is 1.01. The zero-order chi connectivity index (χ0) is 11.7. The zero-order valence-electron chi connectivity index (χ0n) is 9.17. The number of H-pyrrole nitrogens is 1. The van der Waals surface area contributed by atoms with Gasteiger partial charge in [0.25, 0.3) is 0 Å². The van der Waals surface area contributed by atoms with Gasteiger partial charge in [0, 0.05) is 17.2 Å². The minimum atomic E-state index is 0.263. The Hall–Kier alpha value is -1.43. The van der Waals surface area contributed by atoms with Crippen LogP contribution in [0.25, 0.3) is 0 Å². The third-order valence-electron chi connectivity index (χ3n) is 3.00. The topological polar surface area (TPSA) is 57.7 Å². The van der Waals surface area contributed by atoms with Gasteiger partial charge in [-0.2, -0.15) is 5.10 Å². The van der Waals surface area contributed by atoms with E-state index < -0.39 is 0 Å². The molecule has 1 aliphatic rings. The van der Waals surface area contributed by atoms with Crippen LogP contribution in [0.1, 0.15) is 24.7 Å². The molecule has 0 saturated carbocycles. The number of nitrogens with zero attached hydrogens (tertiary/aromatic N) is 4. The Morgan fingerprint density at radius 1 is 1.41 bits per heavy atom. The van der Waals surface area contributed by atoms with Crippen LogP contribution >= 0.6 is 15.9 Å². The monoisotopic (exact) mass is 293 g/mol. The van der Waals surface area contributed by atoms with Crippen LogP contribution in [0.15, 0.2) is 29.1 Å². The average molecular weight is 294 g/mol. The molecule has 2 aromatic heterocycles. The Morgan fingerprint density at radius 2 is 2.35 bits per heavy atom. The lowest BCUT2D eigenvalue weighted by Gasteiger charge is -2.23. The molecule has 1 saturated heterocycles. The maximum Gasteiger partial charge on any atom is 0.147 e. The van der Waals surface area contributed by atoms with Crippen LogP contribution < -0.4 is 4.90 Å². The summed E-state index contributed by atoms with van der Waals surface area (Å²) in [5, 5.41) is 6.87. The zero-order valence-corrected chi connectivity index (χ0v) is 10.8. The molecule has 2 aromatic rings. The number of halogens is 1. The summed E-state index contributed by atoms with van der Waals surface area (Å²) in [6, 6.07) is 4.23. The van der Waals surface area contributed by atoms with Crippen molar-refractivity contribution in [1.82, 2.24) is 20.2 Å². The molecule has 0 unspecified atom stereocenters. The first-order chi connectivity index (χ1) is 8.34. The van der Waals surface area contributed by atoms with Crippen molar-refractivity contribution in [2.24, 2.45) is 0 Å². The highest BCUT2D eigenvalue weighted by molar-refractivity contribution is 9.10. The summed E-state index contributed by atoms with van der Waals surface area (Å²) < 4.78 is 1.05. The molecule has 0 aromatic carbocycles. The second kappa shape index (κ2) is 4.44. The smallest absolute Gasteiger partial charge is 0.147 e. The molecule has 1 aliphatic heterocycles. The van der Waals surface area contributed by atoms with Gasteiger partial charge < -0.3 is 4.90 Å². The number of aromatic nitrogens is 4. The van der Waals surface area contributed by atoms with Crippen LogP contribution in [-0.4, -0.2) is 26.7 Å². The molecule has 6 heteroatoms. The van der Waals surface area contributed by atoms with Crippen molar-refractivity contribution >= 4 is 21.7 Å². The molecule has 0 aliphatic carbocycles. The van der Waals surface area contributed by atoms with E-state index in [0.29, 0.717) is 0 Å². The third-order valence-corrected chi connectivity index (χ3v) is 3.50. The van der Waals surface area contributed by atoms with Crippen LogP contribution in [0.3, 0.4) is 0 Å². The lowest BCUT2D eigenvalue weighted by atomic mass is 10.2. The number of anilines is 1. The van der Waals surface area contributed by atoms with Gasteiger partial charge in [-0.1, -0.05) is 15.9 Å². The number of nitrogens with one attached hydrogen (secondary N) is 1. The third kappa shape index (κ3) is 2.04. The molecule has 3 rings (SSSR count). The number of aromatic amines is 1. The number of hydrogen-bond acceptors (Lipinski definition) is 4. The van der Waals surface area contributed by atoms with Crippen LogP contribution in [0.4, 0.5) is 5.82 Å². The van der Waals surface area contributed by atoms with Gasteiger partial charge in [0.2, 0.25) is 0 Å². The summed E-state index contributed by atoms with van der Waals surface area (Å²) in [5.41, 5.74) is 0. The molecule has 88 valence electrons. The Kier molecular flexibility index (Phi) is 2.80. The van der Waals surface area contributed by atoms with Gasteiger partial charge in [-0.25, -0.2) is 9.97 Å². The van der Waals surface area contributed by atoms with Crippen molar-refractivity contribution in [3.63, 3.8) is 0 Å². The highest BCUT2D eigenvalue weighted by Gasteiger charge is 2.29. The first-order valence-electron chi connectivity index (χ1n) is 5.58. The number of rotatable bonds is 2. The Morgan fingerprint density at radius 3 is 3.12 bits per heavy atom. The summed E-state index contributed by atoms with van der Waals surface area (Å²) >= 11 is 3.48. The maximum atomic E-state index is 4.42. The highest BCUT2D eigenvalue weighted by atomic mass is 79.9. The van der Waals surface area contributed by atoms with Crippen molar-refractivity contribution in [3.05, 3.63) is 35.0 Å². The van der Waals surface area contributed by atoms with Crippen molar-refractivity contribution in [3.8, 4) is 0 Å². The summed E-state index contributed by atoms with van der Waals surface area (Å²) in [6.07, 6.45) is 5.61. The van der Waals surface area contributed by atoms with Crippen molar-refractivity contribution in [2.45, 2.75) is 18.9 Å². The van der Waals surface area contributed by atoms with E-state index in [4.69, 9.17) is 0 Å². The van der Waals surface area contributed by atoms with E-state index >= 15 is 0 Å². The molecule has 0 spiro atoms. The second-order valence-electron chi connectivity index (χ2n) is 4.05. The van der Waals surface area contributed by atoms with Crippen molar-refractivity contribution in [2.75, 3.05) is 11.4 Å². The SMILES string of the molecule is Brc1ccnc(N2CCC[C@H]2c2ncn[nH]2)c1. The maximum absolute atomic E-state index is 4.42. The average Bonchev–Trinajstić information content (AvgIpc) is 3.00. The van der Waals surface area contributed by atoms with Crippen LogP contribution in [0, 0.1) is 0 Å². The Balaban J connectivity index is 1.92. The van der Waals surface area contributed by atoms with Gasteiger partial charge >= 0.3 is 0 Å². The van der Waals surface area contributed by atoms with Crippen molar-refractivity contribution in [1.29, 1.82) is 0 Å². The van der Waals surface area contributed by atoms with Gasteiger partial charge in [-0.3, -0.25) is 5.10 Å². The molecule has 17 heavy (non-hydrogen) atoms. The molecular formula is C11H12BrN5. The van der Waals surface area contributed by atoms with E-state index in [2.05, 4.69) is 41.0 Å². The van der Waals surface area contributed by atoms with E-state index in [-0.39, 0.29) is 6.04 Å². The molecule has 0 amide bonds. The number of pyridine rings is 1. The van der Waals surface area contributed by atoms with Crippen LogP contribution in [-0.2, 0) is 0 Å². The predicted molar refractivity (Wildman–Crippen MR) is 67.6 cm³/mol. The van der Waals surface area contributed by atoms with Gasteiger partial charge in [0.1, 0.15) is 18.0 Å². The summed E-state index contributed by atoms with van der Waals surface area (Å²) in [7, 11) is 0.